The Balaban J connectivity index is 1.86. The van der Waals surface area contributed by atoms with Gasteiger partial charge in [0.05, 0.1) is 6.21 Å². The second kappa shape index (κ2) is 8.46. The van der Waals surface area contributed by atoms with Gasteiger partial charge in [0.1, 0.15) is 0 Å². The largest absolute Gasteiger partial charge is 0.334 e. The molecule has 0 aromatic heterocycles. The maximum Gasteiger partial charge on any atom is 0.329 e. The maximum atomic E-state index is 12.1. The smallest absolute Gasteiger partial charge is 0.329 e. The molecule has 1 saturated heterocycles. The fourth-order valence-corrected chi connectivity index (χ4v) is 2.60. The molecule has 2 rings (SSSR count). The van der Waals surface area contributed by atoms with Gasteiger partial charge in [-0.2, -0.15) is 5.10 Å². The van der Waals surface area contributed by atoms with E-state index in [9.17, 15) is 9.59 Å². The van der Waals surface area contributed by atoms with Gasteiger partial charge in [-0.25, -0.2) is 5.43 Å². The van der Waals surface area contributed by atoms with Crippen LogP contribution in [0.15, 0.2) is 29.4 Å². The molecule has 1 N–H and O–H groups in total. The average Bonchev–Trinajstić information content (AvgIpc) is 2.83. The molecule has 1 aliphatic rings. The highest BCUT2D eigenvalue weighted by atomic mass is 16.2. The highest BCUT2D eigenvalue weighted by Gasteiger charge is 2.22. The number of hydrazone groups is 1. The first-order chi connectivity index (χ1) is 11.1. The standard InChI is InChI=1S/C18H25N3O2/c1-14(2)16-9-7-15(8-10-16)13-19-20-17(22)18(23)21-11-5-3-4-6-12-21/h7-10,13-14H,3-6,11-12H2,1-2H3,(H,20,22). The van der Waals surface area contributed by atoms with Crippen molar-refractivity contribution in [3.8, 4) is 0 Å². The van der Waals surface area contributed by atoms with Crippen LogP contribution in [0.3, 0.4) is 0 Å². The number of nitrogens with zero attached hydrogens (tertiary/aromatic N) is 2. The normalized spacial score (nSPS) is 15.7. The highest BCUT2D eigenvalue weighted by Crippen LogP contribution is 2.13. The third-order valence-corrected chi connectivity index (χ3v) is 4.07. The number of likely N-dealkylation sites (tertiary alicyclic amines) is 1. The molecule has 0 saturated carbocycles. The number of hydrogen-bond donors (Lipinski definition) is 1. The number of benzene rings is 1. The van der Waals surface area contributed by atoms with Crippen LogP contribution in [-0.4, -0.2) is 36.0 Å². The quantitative estimate of drug-likeness (QED) is 0.529. The first-order valence-electron chi connectivity index (χ1n) is 8.30. The Morgan fingerprint density at radius 3 is 2.26 bits per heavy atom. The van der Waals surface area contributed by atoms with Gasteiger partial charge in [-0.15, -0.1) is 0 Å². The molecule has 0 spiro atoms. The van der Waals surface area contributed by atoms with Crippen LogP contribution in [-0.2, 0) is 9.59 Å². The molecule has 1 fully saturated rings. The van der Waals surface area contributed by atoms with Gasteiger partial charge in [0.15, 0.2) is 0 Å². The minimum Gasteiger partial charge on any atom is -0.334 e. The molecule has 23 heavy (non-hydrogen) atoms. The van der Waals surface area contributed by atoms with Crippen LogP contribution in [0.2, 0.25) is 0 Å². The lowest BCUT2D eigenvalue weighted by Gasteiger charge is -2.18. The zero-order chi connectivity index (χ0) is 16.7. The molecular formula is C18H25N3O2. The van der Waals surface area contributed by atoms with E-state index in [4.69, 9.17) is 0 Å². The Morgan fingerprint density at radius 1 is 1.09 bits per heavy atom. The Kier molecular flexibility index (Phi) is 6.32. The Labute approximate surface area is 137 Å². The van der Waals surface area contributed by atoms with Gasteiger partial charge < -0.3 is 4.90 Å². The van der Waals surface area contributed by atoms with Crippen molar-refractivity contribution < 1.29 is 9.59 Å². The van der Waals surface area contributed by atoms with Crippen molar-refractivity contribution in [1.29, 1.82) is 0 Å². The van der Waals surface area contributed by atoms with Crippen LogP contribution in [0.5, 0.6) is 0 Å². The minimum atomic E-state index is -0.665. The Bertz CT molecular complexity index is 556. The molecule has 124 valence electrons. The van der Waals surface area contributed by atoms with Crippen LogP contribution >= 0.6 is 0 Å². The third-order valence-electron chi connectivity index (χ3n) is 4.07. The summed E-state index contributed by atoms with van der Waals surface area (Å²) in [5.41, 5.74) is 4.46. The molecule has 5 nitrogen and oxygen atoms in total. The second-order valence-electron chi connectivity index (χ2n) is 6.23. The zero-order valence-electron chi connectivity index (χ0n) is 13.9. The van der Waals surface area contributed by atoms with Gasteiger partial charge >= 0.3 is 11.8 Å². The lowest BCUT2D eigenvalue weighted by molar-refractivity contribution is -0.145. The predicted octanol–water partition coefficient (Wildman–Crippen LogP) is 2.66. The van der Waals surface area contributed by atoms with Crippen molar-refractivity contribution in [2.75, 3.05) is 13.1 Å². The summed E-state index contributed by atoms with van der Waals surface area (Å²) in [6.07, 6.45) is 5.72. The lowest BCUT2D eigenvalue weighted by Crippen LogP contribution is -2.41. The number of rotatable bonds is 3. The maximum absolute atomic E-state index is 12.1. The molecule has 1 aliphatic heterocycles. The topological polar surface area (TPSA) is 61.8 Å². The van der Waals surface area contributed by atoms with Crippen molar-refractivity contribution in [3.05, 3.63) is 35.4 Å². The monoisotopic (exact) mass is 315 g/mol. The number of hydrogen-bond acceptors (Lipinski definition) is 3. The van der Waals surface area contributed by atoms with Gasteiger partial charge in [-0.05, 0) is 29.9 Å². The summed E-state index contributed by atoms with van der Waals surface area (Å²) in [7, 11) is 0. The van der Waals surface area contributed by atoms with Crippen molar-refractivity contribution >= 4 is 18.0 Å². The molecule has 1 aromatic carbocycles. The Hall–Kier alpha value is -2.17. The summed E-state index contributed by atoms with van der Waals surface area (Å²) < 4.78 is 0. The number of carbonyl (C=O) groups excluding carboxylic acids is 2. The molecule has 0 bridgehead atoms. The predicted molar refractivity (Wildman–Crippen MR) is 91.3 cm³/mol. The van der Waals surface area contributed by atoms with Gasteiger partial charge in [0.2, 0.25) is 0 Å². The summed E-state index contributed by atoms with van der Waals surface area (Å²) in [6, 6.07) is 7.97. The van der Waals surface area contributed by atoms with E-state index in [2.05, 4.69) is 24.4 Å². The van der Waals surface area contributed by atoms with Gasteiger partial charge in [0.25, 0.3) is 0 Å². The molecule has 5 heteroatoms. The molecule has 2 amide bonds. The molecule has 1 aromatic rings. The van der Waals surface area contributed by atoms with E-state index in [-0.39, 0.29) is 0 Å². The summed E-state index contributed by atoms with van der Waals surface area (Å²) in [5, 5.41) is 3.88. The third kappa shape index (κ3) is 5.20. The van der Waals surface area contributed by atoms with E-state index in [0.29, 0.717) is 19.0 Å². The van der Waals surface area contributed by atoms with E-state index in [1.807, 2.05) is 24.3 Å². The second-order valence-corrected chi connectivity index (χ2v) is 6.23. The fourth-order valence-electron chi connectivity index (χ4n) is 2.60. The van der Waals surface area contributed by atoms with E-state index < -0.39 is 11.8 Å². The number of nitrogens with one attached hydrogen (secondary N) is 1. The van der Waals surface area contributed by atoms with Crippen LogP contribution in [0.25, 0.3) is 0 Å². The van der Waals surface area contributed by atoms with Crippen LogP contribution in [0.1, 0.15) is 56.6 Å². The Morgan fingerprint density at radius 2 is 1.70 bits per heavy atom. The first kappa shape index (κ1) is 17.2. The van der Waals surface area contributed by atoms with Crippen LogP contribution in [0, 0.1) is 0 Å². The van der Waals surface area contributed by atoms with Crippen molar-refractivity contribution in [1.82, 2.24) is 10.3 Å². The zero-order valence-corrected chi connectivity index (χ0v) is 13.9. The first-order valence-corrected chi connectivity index (χ1v) is 8.30. The molecule has 1 heterocycles. The van der Waals surface area contributed by atoms with Crippen molar-refractivity contribution in [3.63, 3.8) is 0 Å². The van der Waals surface area contributed by atoms with Gasteiger partial charge in [-0.1, -0.05) is 51.0 Å². The van der Waals surface area contributed by atoms with Crippen molar-refractivity contribution in [2.45, 2.75) is 45.4 Å². The summed E-state index contributed by atoms with van der Waals surface area (Å²) >= 11 is 0. The summed E-state index contributed by atoms with van der Waals surface area (Å²) in [5.74, 6) is -0.673. The summed E-state index contributed by atoms with van der Waals surface area (Å²) in [4.78, 5) is 25.5. The van der Waals surface area contributed by atoms with Gasteiger partial charge in [-0.3, -0.25) is 9.59 Å². The van der Waals surface area contributed by atoms with E-state index >= 15 is 0 Å². The van der Waals surface area contributed by atoms with E-state index in [1.54, 1.807) is 11.1 Å². The molecule has 0 atom stereocenters. The lowest BCUT2D eigenvalue weighted by atomic mass is 10.0. The van der Waals surface area contributed by atoms with Crippen LogP contribution in [0.4, 0.5) is 0 Å². The molecule has 0 radical (unpaired) electrons. The molecule has 0 unspecified atom stereocenters. The van der Waals surface area contributed by atoms with E-state index in [0.717, 1.165) is 31.2 Å². The average molecular weight is 315 g/mol. The highest BCUT2D eigenvalue weighted by molar-refractivity contribution is 6.35. The number of carbonyl (C=O) groups is 2. The minimum absolute atomic E-state index is 0.479. The molecule has 0 aliphatic carbocycles. The molecular weight excluding hydrogens is 290 g/mol. The SMILES string of the molecule is CC(C)c1ccc(C=NNC(=O)C(=O)N2CCCCCC2)cc1. The van der Waals surface area contributed by atoms with Crippen molar-refractivity contribution in [2.24, 2.45) is 5.10 Å². The summed E-state index contributed by atoms with van der Waals surface area (Å²) in [6.45, 7) is 5.59. The van der Waals surface area contributed by atoms with Crippen LogP contribution < -0.4 is 5.43 Å². The van der Waals surface area contributed by atoms with E-state index in [1.165, 1.54) is 5.56 Å². The number of amides is 2. The fraction of sp³-hybridized carbons (Fsp3) is 0.500. The van der Waals surface area contributed by atoms with Gasteiger partial charge in [0, 0.05) is 13.1 Å².